The van der Waals surface area contributed by atoms with Gasteiger partial charge in [-0.3, -0.25) is 0 Å². The Morgan fingerprint density at radius 2 is 1.90 bits per heavy atom. The number of hydrogen-bond acceptors (Lipinski definition) is 3. The van der Waals surface area contributed by atoms with Crippen LogP contribution < -0.4 is 15.9 Å². The van der Waals surface area contributed by atoms with Gasteiger partial charge in [-0.15, -0.1) is 0 Å². The van der Waals surface area contributed by atoms with Gasteiger partial charge >= 0.3 is 6.03 Å². The summed E-state index contributed by atoms with van der Waals surface area (Å²) >= 11 is 3.36. The molecule has 0 aliphatic carbocycles. The number of amides is 2. The van der Waals surface area contributed by atoms with Crippen LogP contribution in [-0.2, 0) is 0 Å². The van der Waals surface area contributed by atoms with Crippen molar-refractivity contribution in [3.63, 3.8) is 0 Å². The van der Waals surface area contributed by atoms with E-state index in [1.807, 2.05) is 48.5 Å². The molecule has 6 heteroatoms. The fraction of sp³-hybridized carbons (Fsp3) is 0. The van der Waals surface area contributed by atoms with E-state index in [1.54, 1.807) is 0 Å². The van der Waals surface area contributed by atoms with Crippen LogP contribution in [0.25, 0.3) is 0 Å². The van der Waals surface area contributed by atoms with Crippen molar-refractivity contribution in [3.05, 3.63) is 58.6 Å². The maximum atomic E-state index is 10.6. The summed E-state index contributed by atoms with van der Waals surface area (Å²) < 4.78 is 6.74. The largest absolute Gasteiger partial charge is 0.457 e. The number of benzene rings is 2. The Hall–Kier alpha value is -2.34. The molecule has 0 aliphatic rings. The Morgan fingerprint density at radius 3 is 2.60 bits per heavy atom. The molecule has 0 fully saturated rings. The van der Waals surface area contributed by atoms with Crippen molar-refractivity contribution >= 4 is 28.2 Å². The van der Waals surface area contributed by atoms with Gasteiger partial charge in [0.1, 0.15) is 11.5 Å². The minimum Gasteiger partial charge on any atom is -0.457 e. The molecule has 0 bridgehead atoms. The number of nitrogens with two attached hydrogens (primary N) is 1. The van der Waals surface area contributed by atoms with Gasteiger partial charge in [-0.2, -0.15) is 5.10 Å². The first kappa shape index (κ1) is 14.1. The monoisotopic (exact) mass is 333 g/mol. The van der Waals surface area contributed by atoms with Crippen molar-refractivity contribution in [2.45, 2.75) is 0 Å². The molecular weight excluding hydrogens is 322 g/mol. The molecular formula is C14H12BrN3O2. The van der Waals surface area contributed by atoms with Crippen LogP contribution in [0.15, 0.2) is 58.1 Å². The lowest BCUT2D eigenvalue weighted by atomic mass is 10.2. The zero-order valence-corrected chi connectivity index (χ0v) is 12.0. The first-order valence-corrected chi connectivity index (χ1v) is 6.55. The molecule has 0 atom stereocenters. The summed E-state index contributed by atoms with van der Waals surface area (Å²) in [5.41, 5.74) is 7.80. The van der Waals surface area contributed by atoms with Gasteiger partial charge in [-0.25, -0.2) is 10.2 Å². The number of nitrogens with one attached hydrogen (secondary N) is 1. The summed E-state index contributed by atoms with van der Waals surface area (Å²) in [6.45, 7) is 0. The van der Waals surface area contributed by atoms with Gasteiger partial charge < -0.3 is 10.5 Å². The number of ether oxygens (including phenoxy) is 1. The van der Waals surface area contributed by atoms with Gasteiger partial charge in [-0.1, -0.05) is 28.1 Å². The second-order valence-electron chi connectivity index (χ2n) is 3.83. The number of nitrogens with zero attached hydrogens (tertiary/aromatic N) is 1. The summed E-state index contributed by atoms with van der Waals surface area (Å²) in [5, 5.41) is 3.72. The van der Waals surface area contributed by atoms with E-state index < -0.39 is 6.03 Å². The highest BCUT2D eigenvalue weighted by molar-refractivity contribution is 9.10. The molecule has 2 aromatic rings. The number of para-hydroxylation sites is 1. The standard InChI is InChI=1S/C14H12BrN3O2/c15-11-5-7-12(8-6-11)20-13-4-2-1-3-10(13)9-17-18-14(16)19/h1-9H,(H3,16,18,19). The predicted molar refractivity (Wildman–Crippen MR) is 81.0 cm³/mol. The van der Waals surface area contributed by atoms with Crippen molar-refractivity contribution in [2.24, 2.45) is 10.8 Å². The first-order valence-electron chi connectivity index (χ1n) is 5.76. The lowest BCUT2D eigenvalue weighted by molar-refractivity contribution is 0.249. The van der Waals surface area contributed by atoms with E-state index in [1.165, 1.54) is 6.21 Å². The highest BCUT2D eigenvalue weighted by Crippen LogP contribution is 2.25. The number of rotatable bonds is 4. The number of hydrazone groups is 1. The SMILES string of the molecule is NC(=O)NN=Cc1ccccc1Oc1ccc(Br)cc1. The molecule has 0 aliphatic heterocycles. The summed E-state index contributed by atoms with van der Waals surface area (Å²) in [6.07, 6.45) is 1.47. The maximum Gasteiger partial charge on any atom is 0.332 e. The normalized spacial score (nSPS) is 10.4. The summed E-state index contributed by atoms with van der Waals surface area (Å²) in [5.74, 6) is 1.33. The van der Waals surface area contributed by atoms with Crippen LogP contribution in [0.4, 0.5) is 4.79 Å². The molecule has 0 saturated carbocycles. The van der Waals surface area contributed by atoms with Crippen LogP contribution in [0.2, 0.25) is 0 Å². The quantitative estimate of drug-likeness (QED) is 0.665. The molecule has 2 amide bonds. The van der Waals surface area contributed by atoms with Crippen LogP contribution in [0.5, 0.6) is 11.5 Å². The van der Waals surface area contributed by atoms with Gasteiger partial charge in [-0.05, 0) is 36.4 Å². The van der Waals surface area contributed by atoms with E-state index in [9.17, 15) is 4.79 Å². The second-order valence-corrected chi connectivity index (χ2v) is 4.74. The number of urea groups is 1. The molecule has 102 valence electrons. The molecule has 0 unspecified atom stereocenters. The Kier molecular flexibility index (Phi) is 4.73. The average Bonchev–Trinajstić information content (AvgIpc) is 2.43. The Bertz CT molecular complexity index is 627. The molecule has 2 aromatic carbocycles. The molecule has 0 saturated heterocycles. The number of primary amides is 1. The van der Waals surface area contributed by atoms with Crippen LogP contribution in [0.1, 0.15) is 5.56 Å². The van der Waals surface area contributed by atoms with Crippen molar-refractivity contribution in [3.8, 4) is 11.5 Å². The Balaban J connectivity index is 2.17. The summed E-state index contributed by atoms with van der Waals surface area (Å²) in [7, 11) is 0. The molecule has 3 N–H and O–H groups in total. The minimum atomic E-state index is -0.715. The van der Waals surface area contributed by atoms with Crippen molar-refractivity contribution in [1.82, 2.24) is 5.43 Å². The second kappa shape index (κ2) is 6.72. The molecule has 5 nitrogen and oxygen atoms in total. The van der Waals surface area contributed by atoms with E-state index in [4.69, 9.17) is 10.5 Å². The van der Waals surface area contributed by atoms with E-state index in [0.29, 0.717) is 11.5 Å². The smallest absolute Gasteiger partial charge is 0.332 e. The van der Waals surface area contributed by atoms with Gasteiger partial charge in [0, 0.05) is 10.0 Å². The van der Waals surface area contributed by atoms with E-state index >= 15 is 0 Å². The lowest BCUT2D eigenvalue weighted by Gasteiger charge is -2.08. The number of carbonyl (C=O) groups is 1. The van der Waals surface area contributed by atoms with Gasteiger partial charge in [0.15, 0.2) is 0 Å². The fourth-order valence-electron chi connectivity index (χ4n) is 1.48. The molecule has 0 spiro atoms. The third-order valence-electron chi connectivity index (χ3n) is 2.34. The van der Waals surface area contributed by atoms with E-state index in [2.05, 4.69) is 26.5 Å². The zero-order chi connectivity index (χ0) is 14.4. The lowest BCUT2D eigenvalue weighted by Crippen LogP contribution is -2.24. The highest BCUT2D eigenvalue weighted by atomic mass is 79.9. The van der Waals surface area contributed by atoms with Gasteiger partial charge in [0.2, 0.25) is 0 Å². The molecule has 0 heterocycles. The van der Waals surface area contributed by atoms with Crippen molar-refractivity contribution in [1.29, 1.82) is 0 Å². The topological polar surface area (TPSA) is 76.7 Å². The van der Waals surface area contributed by atoms with Gasteiger partial charge in [0.05, 0.1) is 6.21 Å². The summed E-state index contributed by atoms with van der Waals surface area (Å²) in [6, 6.07) is 14.1. The Morgan fingerprint density at radius 1 is 1.20 bits per heavy atom. The zero-order valence-electron chi connectivity index (χ0n) is 10.4. The third-order valence-corrected chi connectivity index (χ3v) is 2.87. The first-order chi connectivity index (χ1) is 9.65. The van der Waals surface area contributed by atoms with Gasteiger partial charge in [0.25, 0.3) is 0 Å². The fourth-order valence-corrected chi connectivity index (χ4v) is 1.74. The maximum absolute atomic E-state index is 10.6. The highest BCUT2D eigenvalue weighted by Gasteiger charge is 2.02. The summed E-state index contributed by atoms with van der Waals surface area (Å²) in [4.78, 5) is 10.6. The van der Waals surface area contributed by atoms with Crippen LogP contribution >= 0.6 is 15.9 Å². The van der Waals surface area contributed by atoms with E-state index in [0.717, 1.165) is 10.0 Å². The van der Waals surface area contributed by atoms with Crippen molar-refractivity contribution in [2.75, 3.05) is 0 Å². The van der Waals surface area contributed by atoms with E-state index in [-0.39, 0.29) is 0 Å². The van der Waals surface area contributed by atoms with Crippen LogP contribution in [-0.4, -0.2) is 12.2 Å². The third kappa shape index (κ3) is 4.10. The molecule has 0 radical (unpaired) electrons. The minimum absolute atomic E-state index is 0.629. The van der Waals surface area contributed by atoms with Crippen LogP contribution in [0.3, 0.4) is 0 Å². The number of hydrogen-bond donors (Lipinski definition) is 2. The number of halogens is 1. The molecule has 2 rings (SSSR count). The predicted octanol–water partition coefficient (Wildman–Crippen LogP) is 3.24. The molecule has 20 heavy (non-hydrogen) atoms. The average molecular weight is 334 g/mol. The molecule has 0 aromatic heterocycles. The van der Waals surface area contributed by atoms with Crippen LogP contribution in [0, 0.1) is 0 Å². The number of carbonyl (C=O) groups excluding carboxylic acids is 1. The van der Waals surface area contributed by atoms with Crippen molar-refractivity contribution < 1.29 is 9.53 Å². The Labute approximate surface area is 124 Å².